The van der Waals surface area contributed by atoms with Crippen LogP contribution < -0.4 is 4.74 Å². The third-order valence-electron chi connectivity index (χ3n) is 2.63. The quantitative estimate of drug-likeness (QED) is 0.687. The van der Waals surface area contributed by atoms with Crippen LogP contribution in [0.25, 0.3) is 10.8 Å². The largest absolute Gasteiger partial charge is 0.496 e. The molecule has 0 aliphatic heterocycles. The first-order chi connectivity index (χ1) is 9.51. The Morgan fingerprint density at radius 1 is 1.25 bits per heavy atom. The van der Waals surface area contributed by atoms with Crippen LogP contribution >= 0.6 is 0 Å². The summed E-state index contributed by atoms with van der Waals surface area (Å²) in [6.07, 6.45) is 0.834. The number of carbonyl (C=O) groups excluding carboxylic acids is 1. The van der Waals surface area contributed by atoms with Gasteiger partial charge in [0.25, 0.3) is 0 Å². The van der Waals surface area contributed by atoms with Crippen molar-refractivity contribution in [2.45, 2.75) is 6.92 Å². The minimum atomic E-state index is -0.935. The fourth-order valence-electron chi connectivity index (χ4n) is 1.58. The summed E-state index contributed by atoms with van der Waals surface area (Å²) >= 11 is 0. The Kier molecular flexibility index (Phi) is 5.47. The van der Waals surface area contributed by atoms with Crippen LogP contribution in [0.5, 0.6) is 5.75 Å². The van der Waals surface area contributed by atoms with Gasteiger partial charge in [0.2, 0.25) is 0 Å². The monoisotopic (exact) mass is 272 g/mol. The summed E-state index contributed by atoms with van der Waals surface area (Å²) in [5.41, 5.74) is 0.792. The van der Waals surface area contributed by atoms with Crippen LogP contribution in [0, 0.1) is 0 Å². The molecule has 0 heterocycles. The molecule has 0 fully saturated rings. The molecule has 20 heavy (non-hydrogen) atoms. The van der Waals surface area contributed by atoms with E-state index >= 15 is 0 Å². The second-order valence-electron chi connectivity index (χ2n) is 4.11. The number of rotatable bonds is 3. The summed E-state index contributed by atoms with van der Waals surface area (Å²) in [4.78, 5) is 20.5. The molecule has 0 unspecified atom stereocenters. The van der Waals surface area contributed by atoms with Crippen molar-refractivity contribution in [2.75, 3.05) is 7.11 Å². The molecular formula is C16H16O4. The third kappa shape index (κ3) is 3.68. The number of fused-ring (bicyclic) bond motifs is 1. The van der Waals surface area contributed by atoms with E-state index in [4.69, 9.17) is 9.84 Å². The molecule has 2 aromatic carbocycles. The minimum Gasteiger partial charge on any atom is -0.496 e. The summed E-state index contributed by atoms with van der Waals surface area (Å²) in [6, 6.07) is 11.5. The maximum Gasteiger partial charge on any atom is 0.330 e. The maximum atomic E-state index is 10.9. The molecule has 2 aromatic rings. The Bertz CT molecular complexity index is 632. The van der Waals surface area contributed by atoms with Crippen LogP contribution in [-0.4, -0.2) is 24.5 Å². The molecule has 4 heteroatoms. The smallest absolute Gasteiger partial charge is 0.330 e. The van der Waals surface area contributed by atoms with Gasteiger partial charge in [-0.2, -0.15) is 0 Å². The van der Waals surface area contributed by atoms with Crippen molar-refractivity contribution in [1.29, 1.82) is 0 Å². The lowest BCUT2D eigenvalue weighted by Gasteiger charge is -2.06. The van der Waals surface area contributed by atoms with Crippen LogP contribution in [0.2, 0.25) is 0 Å². The van der Waals surface area contributed by atoms with Crippen LogP contribution in [0.3, 0.4) is 0 Å². The number of methoxy groups -OCH3 is 1. The highest BCUT2D eigenvalue weighted by atomic mass is 16.5. The Labute approximate surface area is 117 Å². The predicted molar refractivity (Wildman–Crippen MR) is 78.3 cm³/mol. The molecule has 0 spiro atoms. The van der Waals surface area contributed by atoms with Gasteiger partial charge in [-0.15, -0.1) is 0 Å². The molecule has 104 valence electrons. The van der Waals surface area contributed by atoms with Crippen molar-refractivity contribution in [3.63, 3.8) is 0 Å². The summed E-state index contributed by atoms with van der Waals surface area (Å²) < 4.78 is 5.11. The molecule has 4 nitrogen and oxygen atoms in total. The summed E-state index contributed by atoms with van der Waals surface area (Å²) in [5.74, 6) is -0.311. The van der Waals surface area contributed by atoms with E-state index in [1.54, 1.807) is 7.11 Å². The first-order valence-corrected chi connectivity index (χ1v) is 5.91. The molecule has 0 amide bonds. The molecule has 0 aliphatic carbocycles. The number of aliphatic carboxylic acids is 1. The van der Waals surface area contributed by atoms with E-state index in [1.165, 1.54) is 6.92 Å². The number of ether oxygens (including phenoxy) is 1. The van der Waals surface area contributed by atoms with Gasteiger partial charge in [0.05, 0.1) is 12.7 Å². The highest BCUT2D eigenvalue weighted by Crippen LogP contribution is 2.25. The van der Waals surface area contributed by atoms with Crippen molar-refractivity contribution < 1.29 is 19.4 Å². The number of hydrogen-bond donors (Lipinski definition) is 1. The van der Waals surface area contributed by atoms with Gasteiger partial charge in [0.1, 0.15) is 5.75 Å². The van der Waals surface area contributed by atoms with Crippen molar-refractivity contribution in [3.05, 3.63) is 54.1 Å². The number of aldehydes is 1. The lowest BCUT2D eigenvalue weighted by Crippen LogP contribution is -1.92. The van der Waals surface area contributed by atoms with E-state index in [2.05, 4.69) is 6.58 Å². The average molecular weight is 272 g/mol. The van der Waals surface area contributed by atoms with Gasteiger partial charge in [-0.05, 0) is 23.8 Å². The first kappa shape index (κ1) is 15.4. The molecule has 0 saturated heterocycles. The van der Waals surface area contributed by atoms with Gasteiger partial charge >= 0.3 is 5.97 Å². The molecule has 0 atom stereocenters. The van der Waals surface area contributed by atoms with Crippen molar-refractivity contribution >= 4 is 23.0 Å². The zero-order chi connectivity index (χ0) is 15.1. The Morgan fingerprint density at radius 3 is 2.35 bits per heavy atom. The molecular weight excluding hydrogens is 256 g/mol. The third-order valence-corrected chi connectivity index (χ3v) is 2.63. The summed E-state index contributed by atoms with van der Waals surface area (Å²) in [7, 11) is 1.57. The predicted octanol–water partition coefficient (Wildman–Crippen LogP) is 3.31. The molecule has 0 radical (unpaired) electrons. The van der Waals surface area contributed by atoms with E-state index in [1.807, 2.05) is 36.4 Å². The number of carboxylic acid groups (broad SMARTS) is 1. The lowest BCUT2D eigenvalue weighted by molar-refractivity contribution is -0.132. The topological polar surface area (TPSA) is 63.6 Å². The second kappa shape index (κ2) is 7.09. The van der Waals surface area contributed by atoms with Crippen LogP contribution in [0.15, 0.2) is 48.6 Å². The van der Waals surface area contributed by atoms with Gasteiger partial charge in [0, 0.05) is 5.57 Å². The second-order valence-corrected chi connectivity index (χ2v) is 4.11. The van der Waals surface area contributed by atoms with E-state index in [0.29, 0.717) is 11.3 Å². The molecule has 2 rings (SSSR count). The molecule has 0 aliphatic rings. The summed E-state index contributed by atoms with van der Waals surface area (Å²) in [5, 5.41) is 9.87. The number of carboxylic acids is 1. The number of benzene rings is 2. The van der Waals surface area contributed by atoms with E-state index < -0.39 is 5.97 Å². The minimum absolute atomic E-state index is 0.176. The van der Waals surface area contributed by atoms with Gasteiger partial charge < -0.3 is 9.84 Å². The van der Waals surface area contributed by atoms with E-state index in [9.17, 15) is 9.59 Å². The van der Waals surface area contributed by atoms with Gasteiger partial charge in [-0.25, -0.2) is 4.79 Å². The molecule has 0 saturated carbocycles. The Balaban J connectivity index is 0.000000286. The maximum absolute atomic E-state index is 10.9. The van der Waals surface area contributed by atoms with E-state index in [0.717, 1.165) is 17.1 Å². The highest BCUT2D eigenvalue weighted by molar-refractivity contribution is 6.00. The molecule has 0 aromatic heterocycles. The zero-order valence-corrected chi connectivity index (χ0v) is 11.4. The lowest BCUT2D eigenvalue weighted by atomic mass is 10.0. The fraction of sp³-hybridized carbons (Fsp3) is 0.125. The van der Waals surface area contributed by atoms with Crippen LogP contribution in [-0.2, 0) is 4.79 Å². The van der Waals surface area contributed by atoms with Gasteiger partial charge in [0.15, 0.2) is 6.29 Å². The number of hydrogen-bond acceptors (Lipinski definition) is 3. The average Bonchev–Trinajstić information content (AvgIpc) is 2.46. The Hall–Kier alpha value is -2.62. The highest BCUT2D eigenvalue weighted by Gasteiger charge is 2.05. The first-order valence-electron chi connectivity index (χ1n) is 5.91. The standard InChI is InChI=1S/C12H10O2.C4H6O2/c1-14-12-7-6-9-4-2-3-5-10(9)11(12)8-13;1-3(2)4(5)6/h2-8H,1H3;1H2,2H3,(H,5,6). The van der Waals surface area contributed by atoms with Gasteiger partial charge in [-0.1, -0.05) is 36.9 Å². The van der Waals surface area contributed by atoms with Crippen LogP contribution in [0.1, 0.15) is 17.3 Å². The SMILES string of the molecule is C=C(C)C(=O)O.COc1ccc2ccccc2c1C=O. The van der Waals surface area contributed by atoms with Crippen molar-refractivity contribution in [3.8, 4) is 5.75 Å². The van der Waals surface area contributed by atoms with Crippen molar-refractivity contribution in [2.24, 2.45) is 0 Å². The normalized spacial score (nSPS) is 9.30. The van der Waals surface area contributed by atoms with Gasteiger partial charge in [-0.3, -0.25) is 4.79 Å². The summed E-state index contributed by atoms with van der Waals surface area (Å²) in [6.45, 7) is 4.60. The Morgan fingerprint density at radius 2 is 1.85 bits per heavy atom. The molecule has 0 bridgehead atoms. The molecule has 1 N–H and O–H groups in total. The van der Waals surface area contributed by atoms with Crippen LogP contribution in [0.4, 0.5) is 0 Å². The zero-order valence-electron chi connectivity index (χ0n) is 11.4. The fourth-order valence-corrected chi connectivity index (χ4v) is 1.58. The number of carbonyl (C=O) groups is 2. The van der Waals surface area contributed by atoms with Crippen molar-refractivity contribution in [1.82, 2.24) is 0 Å². The van der Waals surface area contributed by atoms with E-state index in [-0.39, 0.29) is 5.57 Å².